The summed E-state index contributed by atoms with van der Waals surface area (Å²) in [5.74, 6) is 0.647. The molecule has 1 aromatic heterocycles. The molecule has 0 aliphatic rings. The largest absolute Gasteiger partial charge is 0.493 e. The van der Waals surface area contributed by atoms with Gasteiger partial charge in [-0.15, -0.1) is 0 Å². The molecular weight excluding hydrogens is 422 g/mol. The zero-order valence-corrected chi connectivity index (χ0v) is 18.3. The second-order valence-corrected chi connectivity index (χ2v) is 7.85. The number of hydrogen-bond acceptors (Lipinski definition) is 3. The Morgan fingerprint density at radius 1 is 1.00 bits per heavy atom. The molecule has 0 aliphatic carbocycles. The predicted octanol–water partition coefficient (Wildman–Crippen LogP) is 5.34. The van der Waals surface area contributed by atoms with Gasteiger partial charge < -0.3 is 14.6 Å². The zero-order valence-electron chi connectivity index (χ0n) is 17.6. The number of nitrogens with one attached hydrogen (secondary N) is 1. The van der Waals surface area contributed by atoms with E-state index in [1.54, 1.807) is 30.5 Å². The van der Waals surface area contributed by atoms with Crippen molar-refractivity contribution in [2.75, 3.05) is 6.61 Å². The van der Waals surface area contributed by atoms with Gasteiger partial charge in [-0.05, 0) is 46.5 Å². The maximum atomic E-state index is 12.3. The van der Waals surface area contributed by atoms with Crippen molar-refractivity contribution in [3.8, 4) is 16.9 Å². The van der Waals surface area contributed by atoms with Crippen molar-refractivity contribution in [3.63, 3.8) is 0 Å². The molecule has 5 nitrogen and oxygen atoms in total. The lowest BCUT2D eigenvalue weighted by Crippen LogP contribution is -2.24. The number of nitrogens with zero attached hydrogens (tertiary/aromatic N) is 2. The second-order valence-electron chi connectivity index (χ2n) is 7.42. The van der Waals surface area contributed by atoms with E-state index in [9.17, 15) is 4.79 Å². The van der Waals surface area contributed by atoms with Crippen LogP contribution in [-0.2, 0) is 17.9 Å². The zero-order chi connectivity index (χ0) is 22.2. The molecule has 6 heteroatoms. The molecule has 0 bridgehead atoms. The number of aromatic nitrogens is 2. The van der Waals surface area contributed by atoms with Gasteiger partial charge in [-0.1, -0.05) is 60.1 Å². The van der Waals surface area contributed by atoms with E-state index in [4.69, 9.17) is 16.3 Å². The second kappa shape index (κ2) is 10.6. The Kier molecular flexibility index (Phi) is 7.20. The maximum absolute atomic E-state index is 12.3. The van der Waals surface area contributed by atoms with E-state index >= 15 is 0 Å². The first-order valence-electron chi connectivity index (χ1n) is 10.5. The van der Waals surface area contributed by atoms with Gasteiger partial charge in [-0.3, -0.25) is 4.79 Å². The molecule has 1 heterocycles. The van der Waals surface area contributed by atoms with E-state index in [2.05, 4.69) is 40.6 Å². The van der Waals surface area contributed by atoms with Crippen molar-refractivity contribution in [2.45, 2.75) is 19.5 Å². The molecular formula is C26H24ClN3O2. The lowest BCUT2D eigenvalue weighted by molar-refractivity contribution is -0.121. The van der Waals surface area contributed by atoms with E-state index in [1.807, 2.05) is 35.3 Å². The Bertz CT molecular complexity index is 1140. The van der Waals surface area contributed by atoms with Crippen LogP contribution in [0.25, 0.3) is 11.1 Å². The highest BCUT2D eigenvalue weighted by Gasteiger charge is 2.08. The fourth-order valence-electron chi connectivity index (χ4n) is 3.41. The van der Waals surface area contributed by atoms with Crippen LogP contribution >= 0.6 is 11.6 Å². The topological polar surface area (TPSA) is 56.1 Å². The van der Waals surface area contributed by atoms with E-state index < -0.39 is 0 Å². The van der Waals surface area contributed by atoms with Crippen LogP contribution in [0.2, 0.25) is 5.02 Å². The van der Waals surface area contributed by atoms with Gasteiger partial charge in [0.25, 0.3) is 0 Å². The summed E-state index contributed by atoms with van der Waals surface area (Å²) in [4.78, 5) is 16.4. The van der Waals surface area contributed by atoms with Gasteiger partial charge in [0.05, 0.1) is 19.4 Å². The van der Waals surface area contributed by atoms with Crippen LogP contribution in [0.3, 0.4) is 0 Å². The van der Waals surface area contributed by atoms with Gasteiger partial charge in [-0.2, -0.15) is 0 Å². The number of ether oxygens (including phenoxy) is 1. The highest BCUT2D eigenvalue weighted by molar-refractivity contribution is 6.30. The van der Waals surface area contributed by atoms with Crippen LogP contribution in [-0.4, -0.2) is 22.1 Å². The van der Waals surface area contributed by atoms with Gasteiger partial charge in [0, 0.05) is 30.5 Å². The van der Waals surface area contributed by atoms with Crippen molar-refractivity contribution in [2.24, 2.45) is 0 Å². The lowest BCUT2D eigenvalue weighted by atomic mass is 9.98. The van der Waals surface area contributed by atoms with Gasteiger partial charge in [0.1, 0.15) is 5.75 Å². The molecule has 3 aromatic carbocycles. The van der Waals surface area contributed by atoms with Crippen LogP contribution in [0.15, 0.2) is 91.5 Å². The van der Waals surface area contributed by atoms with Gasteiger partial charge in [0.15, 0.2) is 0 Å². The first kappa shape index (κ1) is 21.7. The molecule has 4 aromatic rings. The first-order valence-corrected chi connectivity index (χ1v) is 10.8. The van der Waals surface area contributed by atoms with Crippen molar-refractivity contribution < 1.29 is 9.53 Å². The molecule has 0 unspecified atom stereocenters. The first-order chi connectivity index (χ1) is 15.7. The van der Waals surface area contributed by atoms with E-state index in [-0.39, 0.29) is 12.3 Å². The summed E-state index contributed by atoms with van der Waals surface area (Å²) < 4.78 is 7.64. The summed E-state index contributed by atoms with van der Waals surface area (Å²) >= 11 is 5.87. The smallest absolute Gasteiger partial charge is 0.223 e. The van der Waals surface area contributed by atoms with E-state index in [0.29, 0.717) is 23.9 Å². The number of benzene rings is 3. The minimum atomic E-state index is -0.0514. The molecule has 4 rings (SSSR count). The summed E-state index contributed by atoms with van der Waals surface area (Å²) in [5.41, 5.74) is 4.51. The lowest BCUT2D eigenvalue weighted by Gasteiger charge is -2.12. The number of amides is 1. The van der Waals surface area contributed by atoms with Crippen molar-refractivity contribution in [1.29, 1.82) is 0 Å². The normalized spacial score (nSPS) is 10.7. The van der Waals surface area contributed by atoms with Crippen LogP contribution in [0.4, 0.5) is 0 Å². The monoisotopic (exact) mass is 445 g/mol. The van der Waals surface area contributed by atoms with Crippen LogP contribution < -0.4 is 10.1 Å². The van der Waals surface area contributed by atoms with Crippen molar-refractivity contribution in [1.82, 2.24) is 14.9 Å². The van der Waals surface area contributed by atoms with E-state index in [0.717, 1.165) is 23.2 Å². The molecule has 0 saturated carbocycles. The Hall–Kier alpha value is -3.57. The number of halogens is 1. The van der Waals surface area contributed by atoms with Crippen LogP contribution in [0.1, 0.15) is 17.5 Å². The number of imidazole rings is 1. The minimum absolute atomic E-state index is 0.0514. The molecule has 0 radical (unpaired) electrons. The third-order valence-electron chi connectivity index (χ3n) is 5.09. The maximum Gasteiger partial charge on any atom is 0.223 e. The number of carbonyl (C=O) groups is 1. The summed E-state index contributed by atoms with van der Waals surface area (Å²) in [6.07, 6.45) is 5.83. The van der Waals surface area contributed by atoms with Gasteiger partial charge >= 0.3 is 0 Å². The summed E-state index contributed by atoms with van der Waals surface area (Å²) in [6.45, 7) is 1.57. The fraction of sp³-hybridized carbons (Fsp3) is 0.154. The summed E-state index contributed by atoms with van der Waals surface area (Å²) in [6, 6.07) is 23.7. The Balaban J connectivity index is 1.32. The molecule has 0 spiro atoms. The molecule has 162 valence electrons. The Labute approximate surface area is 192 Å². The number of rotatable bonds is 9. The van der Waals surface area contributed by atoms with Crippen molar-refractivity contribution >= 4 is 17.5 Å². The SMILES string of the molecule is O=C(CCOc1ccc(Cl)cc1)NCc1ccccc1-c1ccc(Cn2ccnc2)cc1. The average molecular weight is 446 g/mol. The molecule has 0 fully saturated rings. The minimum Gasteiger partial charge on any atom is -0.493 e. The predicted molar refractivity (Wildman–Crippen MR) is 127 cm³/mol. The number of carbonyl (C=O) groups excluding carboxylic acids is 1. The molecule has 1 amide bonds. The molecule has 0 aliphatic heterocycles. The number of hydrogen-bond donors (Lipinski definition) is 1. The average Bonchev–Trinajstić information content (AvgIpc) is 3.33. The van der Waals surface area contributed by atoms with Crippen LogP contribution in [0.5, 0.6) is 5.75 Å². The summed E-state index contributed by atoms with van der Waals surface area (Å²) in [5, 5.41) is 3.65. The fourth-order valence-corrected chi connectivity index (χ4v) is 3.54. The quantitative estimate of drug-likeness (QED) is 0.378. The van der Waals surface area contributed by atoms with Gasteiger partial charge in [-0.25, -0.2) is 4.98 Å². The molecule has 32 heavy (non-hydrogen) atoms. The highest BCUT2D eigenvalue weighted by Crippen LogP contribution is 2.24. The highest BCUT2D eigenvalue weighted by atomic mass is 35.5. The Morgan fingerprint density at radius 2 is 1.78 bits per heavy atom. The molecule has 0 atom stereocenters. The molecule has 1 N–H and O–H groups in total. The van der Waals surface area contributed by atoms with Crippen LogP contribution in [0, 0.1) is 0 Å². The van der Waals surface area contributed by atoms with Gasteiger partial charge in [0.2, 0.25) is 5.91 Å². The van der Waals surface area contributed by atoms with E-state index in [1.165, 1.54) is 5.56 Å². The van der Waals surface area contributed by atoms with Crippen molar-refractivity contribution in [3.05, 3.63) is 108 Å². The molecule has 0 saturated heterocycles. The third-order valence-corrected chi connectivity index (χ3v) is 5.35. The third kappa shape index (κ3) is 5.99. The summed E-state index contributed by atoms with van der Waals surface area (Å²) in [7, 11) is 0. The Morgan fingerprint density at radius 3 is 2.53 bits per heavy atom. The standard InChI is InChI=1S/C26H24ClN3O2/c27-23-9-11-24(12-10-23)32-16-13-26(31)29-17-22-3-1-2-4-25(22)21-7-5-20(6-8-21)18-30-15-14-28-19-30/h1-12,14-15,19H,13,16-18H2,(H,29,31).